The molecular weight excluding hydrogens is 349 g/mol. The minimum Gasteiger partial charge on any atom is -0.346 e. The van der Waals surface area contributed by atoms with E-state index in [1.54, 1.807) is 25.1 Å². The third-order valence-corrected chi connectivity index (χ3v) is 4.84. The number of halogens is 1. The zero-order chi connectivity index (χ0) is 18.5. The third-order valence-electron chi connectivity index (χ3n) is 4.48. The number of rotatable bonds is 4. The van der Waals surface area contributed by atoms with Crippen LogP contribution in [0.4, 0.5) is 10.1 Å². The first-order chi connectivity index (χ1) is 12.5. The highest BCUT2D eigenvalue weighted by atomic mass is 32.1. The lowest BCUT2D eigenvalue weighted by atomic mass is 10.1. The summed E-state index contributed by atoms with van der Waals surface area (Å²) < 4.78 is 13.3. The van der Waals surface area contributed by atoms with Crippen LogP contribution in [-0.4, -0.2) is 46.9 Å². The summed E-state index contributed by atoms with van der Waals surface area (Å²) in [5, 5.41) is 3.88. The van der Waals surface area contributed by atoms with Gasteiger partial charge < -0.3 is 10.2 Å². The fraction of sp³-hybridized carbons (Fsp3) is 0.300. The highest BCUT2D eigenvalue weighted by Gasteiger charge is 2.19. The van der Waals surface area contributed by atoms with Gasteiger partial charge in [0, 0.05) is 44.0 Å². The van der Waals surface area contributed by atoms with Gasteiger partial charge in [-0.05, 0) is 49.0 Å². The number of carbonyl (C=O) groups excluding carboxylic acids is 1. The smallest absolute Gasteiger partial charge is 0.173 e. The summed E-state index contributed by atoms with van der Waals surface area (Å²) in [4.78, 5) is 15.9. The number of Topliss-reactive ketones (excluding diaryl/α,β-unsaturated/α-hetero) is 1. The van der Waals surface area contributed by atoms with Crippen molar-refractivity contribution in [3.05, 3.63) is 65.5 Å². The highest BCUT2D eigenvalue weighted by molar-refractivity contribution is 7.80. The van der Waals surface area contributed by atoms with E-state index in [9.17, 15) is 9.18 Å². The molecule has 3 rings (SSSR count). The van der Waals surface area contributed by atoms with Crippen LogP contribution in [0.5, 0.6) is 0 Å². The largest absolute Gasteiger partial charge is 0.346 e. The molecule has 1 heterocycles. The zero-order valence-corrected chi connectivity index (χ0v) is 15.6. The maximum atomic E-state index is 13.3. The first-order valence-electron chi connectivity index (χ1n) is 8.65. The molecule has 0 amide bonds. The molecule has 2 aromatic carbocycles. The molecule has 1 N–H and O–H groups in total. The second-order valence-corrected chi connectivity index (χ2v) is 6.85. The predicted octanol–water partition coefficient (Wildman–Crippen LogP) is 3.54. The zero-order valence-electron chi connectivity index (χ0n) is 14.7. The molecule has 1 saturated heterocycles. The van der Waals surface area contributed by atoms with E-state index < -0.39 is 0 Å². The van der Waals surface area contributed by atoms with Crippen molar-refractivity contribution in [2.24, 2.45) is 0 Å². The van der Waals surface area contributed by atoms with Crippen LogP contribution in [0.1, 0.15) is 22.8 Å². The lowest BCUT2D eigenvalue weighted by Crippen LogP contribution is -2.49. The number of anilines is 1. The van der Waals surface area contributed by atoms with Crippen LogP contribution in [0.25, 0.3) is 0 Å². The Morgan fingerprint density at radius 1 is 1.12 bits per heavy atom. The molecule has 0 aliphatic carbocycles. The Labute approximate surface area is 158 Å². The quantitative estimate of drug-likeness (QED) is 0.657. The molecule has 0 aromatic heterocycles. The summed E-state index contributed by atoms with van der Waals surface area (Å²) in [6, 6.07) is 14.1. The van der Waals surface area contributed by atoms with Gasteiger partial charge >= 0.3 is 0 Å². The molecule has 0 atom stereocenters. The van der Waals surface area contributed by atoms with Crippen LogP contribution >= 0.6 is 12.2 Å². The van der Waals surface area contributed by atoms with Crippen LogP contribution in [0, 0.1) is 5.82 Å². The van der Waals surface area contributed by atoms with Crippen LogP contribution in [0.3, 0.4) is 0 Å². The van der Waals surface area contributed by atoms with Crippen LogP contribution in [0.15, 0.2) is 48.5 Å². The van der Waals surface area contributed by atoms with E-state index in [2.05, 4.69) is 15.1 Å². The van der Waals surface area contributed by atoms with Gasteiger partial charge in [0.25, 0.3) is 0 Å². The highest BCUT2D eigenvalue weighted by Crippen LogP contribution is 2.14. The third kappa shape index (κ3) is 4.86. The molecule has 0 unspecified atom stereocenters. The number of ketones is 1. The summed E-state index contributed by atoms with van der Waals surface area (Å²) in [6.45, 7) is 5.65. The summed E-state index contributed by atoms with van der Waals surface area (Å²) in [6.07, 6.45) is 0. The van der Waals surface area contributed by atoms with Crippen LogP contribution < -0.4 is 5.32 Å². The second kappa shape index (κ2) is 8.38. The van der Waals surface area contributed by atoms with Crippen LogP contribution in [-0.2, 0) is 6.54 Å². The first kappa shape index (κ1) is 18.5. The molecule has 1 aliphatic heterocycles. The van der Waals surface area contributed by atoms with E-state index in [0.29, 0.717) is 10.7 Å². The molecular formula is C20H22FN3OS. The first-order valence-corrected chi connectivity index (χ1v) is 9.06. The van der Waals surface area contributed by atoms with Gasteiger partial charge in [0.2, 0.25) is 0 Å². The Morgan fingerprint density at radius 2 is 1.85 bits per heavy atom. The number of benzene rings is 2. The van der Waals surface area contributed by atoms with Crippen molar-refractivity contribution >= 4 is 28.8 Å². The lowest BCUT2D eigenvalue weighted by Gasteiger charge is -2.36. The number of piperazine rings is 1. The summed E-state index contributed by atoms with van der Waals surface area (Å²) in [5.74, 6) is -0.162. The number of thiocarbonyl (C=S) groups is 1. The van der Waals surface area contributed by atoms with Gasteiger partial charge in [0.05, 0.1) is 0 Å². The maximum absolute atomic E-state index is 13.3. The number of nitrogens with one attached hydrogen (secondary N) is 1. The standard InChI is InChI=1S/C20H22FN3OS/c1-15(25)17-5-3-7-19(13-17)22-20(26)24-10-8-23(9-11-24)14-16-4-2-6-18(21)12-16/h2-7,12-13H,8-11,14H2,1H3,(H,22,26). The predicted molar refractivity (Wildman–Crippen MR) is 106 cm³/mol. The molecule has 2 aromatic rings. The summed E-state index contributed by atoms with van der Waals surface area (Å²) >= 11 is 5.51. The Hall–Kier alpha value is -2.31. The van der Waals surface area contributed by atoms with Crippen molar-refractivity contribution in [3.63, 3.8) is 0 Å². The fourth-order valence-corrected chi connectivity index (χ4v) is 3.32. The molecule has 136 valence electrons. The van der Waals surface area contributed by atoms with E-state index in [0.717, 1.165) is 44.0 Å². The Kier molecular flexibility index (Phi) is 5.96. The van der Waals surface area contributed by atoms with E-state index in [1.165, 1.54) is 6.07 Å². The molecule has 26 heavy (non-hydrogen) atoms. The fourth-order valence-electron chi connectivity index (χ4n) is 3.02. The number of hydrogen-bond acceptors (Lipinski definition) is 3. The van der Waals surface area contributed by atoms with Crippen molar-refractivity contribution in [2.75, 3.05) is 31.5 Å². The van der Waals surface area contributed by atoms with E-state index in [4.69, 9.17) is 12.2 Å². The van der Waals surface area contributed by atoms with Crippen molar-refractivity contribution in [1.29, 1.82) is 0 Å². The minimum absolute atomic E-state index is 0.0329. The minimum atomic E-state index is -0.195. The Bertz CT molecular complexity index is 803. The van der Waals surface area contributed by atoms with Crippen molar-refractivity contribution in [2.45, 2.75) is 13.5 Å². The number of hydrogen-bond donors (Lipinski definition) is 1. The van der Waals surface area contributed by atoms with Gasteiger partial charge in [-0.1, -0.05) is 24.3 Å². The van der Waals surface area contributed by atoms with Crippen molar-refractivity contribution < 1.29 is 9.18 Å². The molecule has 4 nitrogen and oxygen atoms in total. The van der Waals surface area contributed by atoms with Crippen molar-refractivity contribution in [1.82, 2.24) is 9.80 Å². The topological polar surface area (TPSA) is 35.6 Å². The molecule has 1 fully saturated rings. The maximum Gasteiger partial charge on any atom is 0.173 e. The molecule has 0 bridgehead atoms. The summed E-state index contributed by atoms with van der Waals surface area (Å²) in [5.41, 5.74) is 2.47. The Balaban J connectivity index is 1.52. The van der Waals surface area contributed by atoms with Gasteiger partial charge in [-0.15, -0.1) is 0 Å². The lowest BCUT2D eigenvalue weighted by molar-refractivity contribution is 0.101. The van der Waals surface area contributed by atoms with Gasteiger partial charge in [-0.3, -0.25) is 9.69 Å². The van der Waals surface area contributed by atoms with E-state index in [1.807, 2.05) is 24.3 Å². The SMILES string of the molecule is CC(=O)c1cccc(NC(=S)N2CCN(Cc3cccc(F)c3)CC2)c1. The van der Waals surface area contributed by atoms with Crippen LogP contribution in [0.2, 0.25) is 0 Å². The number of nitrogens with zero attached hydrogens (tertiary/aromatic N) is 2. The normalized spacial score (nSPS) is 14.9. The Morgan fingerprint density at radius 3 is 2.54 bits per heavy atom. The van der Waals surface area contributed by atoms with Crippen molar-refractivity contribution in [3.8, 4) is 0 Å². The molecule has 0 saturated carbocycles. The monoisotopic (exact) mass is 371 g/mol. The van der Waals surface area contributed by atoms with Gasteiger partial charge in [-0.2, -0.15) is 0 Å². The molecule has 0 spiro atoms. The van der Waals surface area contributed by atoms with E-state index >= 15 is 0 Å². The van der Waals surface area contributed by atoms with Gasteiger partial charge in [0.1, 0.15) is 5.82 Å². The van der Waals surface area contributed by atoms with Gasteiger partial charge in [-0.25, -0.2) is 4.39 Å². The number of carbonyl (C=O) groups is 1. The molecule has 1 aliphatic rings. The molecule has 6 heteroatoms. The summed E-state index contributed by atoms with van der Waals surface area (Å²) in [7, 11) is 0. The average molecular weight is 371 g/mol. The van der Waals surface area contributed by atoms with Gasteiger partial charge in [0.15, 0.2) is 10.9 Å². The molecule has 0 radical (unpaired) electrons. The van der Waals surface area contributed by atoms with E-state index in [-0.39, 0.29) is 11.6 Å². The second-order valence-electron chi connectivity index (χ2n) is 6.46. The average Bonchev–Trinajstić information content (AvgIpc) is 2.62.